The summed E-state index contributed by atoms with van der Waals surface area (Å²) in [6.45, 7) is 0.279. The Kier molecular flexibility index (Phi) is 5.69. The highest BCUT2D eigenvalue weighted by Gasteiger charge is 2.30. The van der Waals surface area contributed by atoms with E-state index in [0.29, 0.717) is 10.6 Å². The Labute approximate surface area is 181 Å². The van der Waals surface area contributed by atoms with Gasteiger partial charge in [-0.3, -0.25) is 9.20 Å². The van der Waals surface area contributed by atoms with Crippen LogP contribution in [0.2, 0.25) is 5.02 Å². The molecule has 0 atom stereocenters. The third-order valence-electron chi connectivity index (χ3n) is 4.83. The number of rotatable bonds is 5. The molecule has 4 aromatic rings. The molecule has 2 heterocycles. The van der Waals surface area contributed by atoms with Crippen LogP contribution in [0.1, 0.15) is 16.7 Å². The average molecular weight is 444 g/mol. The number of hydrogen-bond donors (Lipinski definition) is 1. The Bertz CT molecular complexity index is 1230. The topological polar surface area (TPSA) is 46.4 Å². The van der Waals surface area contributed by atoms with Crippen LogP contribution in [0.5, 0.6) is 0 Å². The van der Waals surface area contributed by atoms with Crippen LogP contribution in [0.25, 0.3) is 16.9 Å². The predicted octanol–water partition coefficient (Wildman–Crippen LogP) is 5.53. The second kappa shape index (κ2) is 8.43. The lowest BCUT2D eigenvalue weighted by atomic mass is 10.1. The fourth-order valence-electron chi connectivity index (χ4n) is 3.27. The highest BCUT2D eigenvalue weighted by Crippen LogP contribution is 2.29. The average Bonchev–Trinajstić information content (AvgIpc) is 3.15. The maximum atomic E-state index is 12.8. The minimum atomic E-state index is -4.43. The quantitative estimate of drug-likeness (QED) is 0.440. The van der Waals surface area contributed by atoms with Gasteiger partial charge < -0.3 is 5.32 Å². The van der Waals surface area contributed by atoms with E-state index in [-0.39, 0.29) is 18.9 Å². The number of pyridine rings is 1. The summed E-state index contributed by atoms with van der Waals surface area (Å²) < 4.78 is 40.3. The number of fused-ring (bicyclic) bond motifs is 1. The van der Waals surface area contributed by atoms with Gasteiger partial charge in [-0.25, -0.2) is 4.98 Å². The zero-order chi connectivity index (χ0) is 22.0. The van der Waals surface area contributed by atoms with Gasteiger partial charge in [0.2, 0.25) is 5.91 Å². The van der Waals surface area contributed by atoms with Crippen LogP contribution >= 0.6 is 11.6 Å². The van der Waals surface area contributed by atoms with Gasteiger partial charge in [0.05, 0.1) is 23.9 Å². The van der Waals surface area contributed by atoms with Gasteiger partial charge in [-0.05, 0) is 23.3 Å². The molecular formula is C23H17ClF3N3O. The first-order chi connectivity index (χ1) is 14.8. The van der Waals surface area contributed by atoms with Crippen molar-refractivity contribution in [3.05, 3.63) is 94.8 Å². The van der Waals surface area contributed by atoms with Crippen LogP contribution in [-0.4, -0.2) is 15.3 Å². The molecule has 0 saturated heterocycles. The van der Waals surface area contributed by atoms with E-state index >= 15 is 0 Å². The van der Waals surface area contributed by atoms with E-state index in [1.54, 1.807) is 18.3 Å². The lowest BCUT2D eigenvalue weighted by Crippen LogP contribution is -2.24. The molecule has 8 heteroatoms. The number of alkyl halides is 3. The maximum Gasteiger partial charge on any atom is 0.416 e. The Morgan fingerprint density at radius 1 is 1.03 bits per heavy atom. The van der Waals surface area contributed by atoms with E-state index in [4.69, 9.17) is 11.6 Å². The fourth-order valence-corrected chi connectivity index (χ4v) is 3.42. The van der Waals surface area contributed by atoms with Gasteiger partial charge in [-0.15, -0.1) is 0 Å². The second-order valence-corrected chi connectivity index (χ2v) is 7.50. The Balaban J connectivity index is 1.39. The number of nitrogens with one attached hydrogen (secondary N) is 1. The van der Waals surface area contributed by atoms with Gasteiger partial charge in [0, 0.05) is 29.4 Å². The van der Waals surface area contributed by atoms with Crippen LogP contribution in [0.15, 0.2) is 73.1 Å². The van der Waals surface area contributed by atoms with Crippen molar-refractivity contribution in [1.29, 1.82) is 0 Å². The number of carbonyl (C=O) groups excluding carboxylic acids is 1. The normalized spacial score (nSPS) is 11.6. The van der Waals surface area contributed by atoms with E-state index in [2.05, 4.69) is 10.3 Å². The monoisotopic (exact) mass is 443 g/mol. The smallest absolute Gasteiger partial charge is 0.352 e. The standard InChI is InChI=1S/C23H17ClF3N3O/c24-19-8-9-30-20(14-28-21(30)12-19)17-6-4-15(5-7-17)13-29-22(31)11-16-2-1-3-18(10-16)23(25,26)27/h1-10,12,14H,11,13H2,(H,29,31). The third kappa shape index (κ3) is 4.88. The van der Waals surface area contributed by atoms with Crippen molar-refractivity contribution < 1.29 is 18.0 Å². The van der Waals surface area contributed by atoms with Crippen LogP contribution in [-0.2, 0) is 23.9 Å². The molecule has 0 aliphatic rings. The predicted molar refractivity (Wildman–Crippen MR) is 113 cm³/mol. The Hall–Kier alpha value is -3.32. The molecule has 0 unspecified atom stereocenters. The van der Waals surface area contributed by atoms with E-state index in [0.717, 1.165) is 34.6 Å². The van der Waals surface area contributed by atoms with Crippen molar-refractivity contribution >= 4 is 23.2 Å². The van der Waals surface area contributed by atoms with Crippen molar-refractivity contribution in [3.63, 3.8) is 0 Å². The van der Waals surface area contributed by atoms with E-state index in [9.17, 15) is 18.0 Å². The molecule has 0 saturated carbocycles. The van der Waals surface area contributed by atoms with Crippen molar-refractivity contribution in [2.45, 2.75) is 19.1 Å². The number of benzene rings is 2. The molecule has 0 aliphatic heterocycles. The second-order valence-electron chi connectivity index (χ2n) is 7.07. The van der Waals surface area contributed by atoms with Gasteiger partial charge in [-0.2, -0.15) is 13.2 Å². The molecule has 2 aromatic heterocycles. The van der Waals surface area contributed by atoms with Crippen molar-refractivity contribution in [1.82, 2.24) is 14.7 Å². The maximum absolute atomic E-state index is 12.8. The first-order valence-electron chi connectivity index (χ1n) is 9.44. The summed E-state index contributed by atoms with van der Waals surface area (Å²) in [6.07, 6.45) is -0.937. The molecule has 4 nitrogen and oxygen atoms in total. The minimum Gasteiger partial charge on any atom is -0.352 e. The van der Waals surface area contributed by atoms with Gasteiger partial charge in [0.15, 0.2) is 0 Å². The van der Waals surface area contributed by atoms with Crippen LogP contribution in [0.3, 0.4) is 0 Å². The van der Waals surface area contributed by atoms with Gasteiger partial charge in [0.25, 0.3) is 0 Å². The number of carbonyl (C=O) groups is 1. The van der Waals surface area contributed by atoms with Gasteiger partial charge in [-0.1, -0.05) is 54.1 Å². The fraction of sp³-hybridized carbons (Fsp3) is 0.130. The third-order valence-corrected chi connectivity index (χ3v) is 5.07. The van der Waals surface area contributed by atoms with Crippen molar-refractivity contribution in [2.75, 3.05) is 0 Å². The number of halogens is 4. The summed E-state index contributed by atoms with van der Waals surface area (Å²) in [4.78, 5) is 16.5. The number of imidazole rings is 1. The highest BCUT2D eigenvalue weighted by atomic mass is 35.5. The van der Waals surface area contributed by atoms with Crippen LogP contribution in [0.4, 0.5) is 13.2 Å². The SMILES string of the molecule is O=C(Cc1cccc(C(F)(F)F)c1)NCc1ccc(-c2cnc3cc(Cl)ccn23)cc1. The van der Waals surface area contributed by atoms with E-state index in [1.807, 2.05) is 34.9 Å². The summed E-state index contributed by atoms with van der Waals surface area (Å²) in [5.74, 6) is -0.345. The molecule has 158 valence electrons. The van der Waals surface area contributed by atoms with Gasteiger partial charge >= 0.3 is 6.18 Å². The number of amides is 1. The molecule has 1 N–H and O–H groups in total. The Morgan fingerprint density at radius 2 is 1.81 bits per heavy atom. The molecule has 2 aromatic carbocycles. The molecule has 0 radical (unpaired) electrons. The molecule has 0 aliphatic carbocycles. The van der Waals surface area contributed by atoms with Crippen LogP contribution < -0.4 is 5.32 Å². The zero-order valence-electron chi connectivity index (χ0n) is 16.2. The lowest BCUT2D eigenvalue weighted by Gasteiger charge is -2.09. The summed E-state index contributed by atoms with van der Waals surface area (Å²) in [7, 11) is 0. The summed E-state index contributed by atoms with van der Waals surface area (Å²) in [6, 6.07) is 16.0. The summed E-state index contributed by atoms with van der Waals surface area (Å²) in [5.41, 5.74) is 3.03. The molecule has 31 heavy (non-hydrogen) atoms. The molecular weight excluding hydrogens is 427 g/mol. The number of hydrogen-bond acceptors (Lipinski definition) is 2. The zero-order valence-corrected chi connectivity index (χ0v) is 16.9. The van der Waals surface area contributed by atoms with Crippen molar-refractivity contribution in [3.8, 4) is 11.3 Å². The van der Waals surface area contributed by atoms with Gasteiger partial charge in [0.1, 0.15) is 5.65 Å². The molecule has 4 rings (SSSR count). The first-order valence-corrected chi connectivity index (χ1v) is 9.82. The summed E-state index contributed by atoms with van der Waals surface area (Å²) >= 11 is 6.00. The minimum absolute atomic E-state index is 0.119. The van der Waals surface area contributed by atoms with Crippen molar-refractivity contribution in [2.24, 2.45) is 0 Å². The highest BCUT2D eigenvalue weighted by molar-refractivity contribution is 6.30. The lowest BCUT2D eigenvalue weighted by molar-refractivity contribution is -0.137. The van der Waals surface area contributed by atoms with E-state index < -0.39 is 11.7 Å². The van der Waals surface area contributed by atoms with E-state index in [1.165, 1.54) is 12.1 Å². The Morgan fingerprint density at radius 3 is 2.55 bits per heavy atom. The summed E-state index contributed by atoms with van der Waals surface area (Å²) in [5, 5.41) is 3.36. The number of aromatic nitrogens is 2. The molecule has 1 amide bonds. The molecule has 0 spiro atoms. The molecule has 0 fully saturated rings. The van der Waals surface area contributed by atoms with Crippen LogP contribution in [0, 0.1) is 0 Å². The largest absolute Gasteiger partial charge is 0.416 e. The number of nitrogens with zero attached hydrogens (tertiary/aromatic N) is 2. The molecule has 0 bridgehead atoms. The first kappa shape index (κ1) is 20.9.